The van der Waals surface area contributed by atoms with Gasteiger partial charge >= 0.3 is 0 Å². The summed E-state index contributed by atoms with van der Waals surface area (Å²) in [7, 11) is 0. The van der Waals surface area contributed by atoms with Crippen molar-refractivity contribution in [1.29, 1.82) is 0 Å². The van der Waals surface area contributed by atoms with Gasteiger partial charge in [-0.2, -0.15) is 0 Å². The Morgan fingerprint density at radius 1 is 1.24 bits per heavy atom. The molecule has 0 aliphatic heterocycles. The molecule has 2 bridgehead atoms. The van der Waals surface area contributed by atoms with Crippen molar-refractivity contribution < 1.29 is 4.79 Å². The van der Waals surface area contributed by atoms with E-state index in [1.807, 2.05) is 18.2 Å². The Bertz CT molecular complexity index is 469. The number of benzene rings is 1. The summed E-state index contributed by atoms with van der Waals surface area (Å²) >= 11 is 1.78. The first kappa shape index (κ1) is 16.7. The van der Waals surface area contributed by atoms with Crippen molar-refractivity contribution >= 4 is 30.1 Å². The van der Waals surface area contributed by atoms with E-state index in [1.165, 1.54) is 17.7 Å². The van der Waals surface area contributed by atoms with Crippen LogP contribution in [-0.2, 0) is 4.79 Å². The van der Waals surface area contributed by atoms with E-state index in [9.17, 15) is 4.79 Å². The molecule has 116 valence electrons. The number of nitrogens with two attached hydrogens (primary N) is 1. The van der Waals surface area contributed by atoms with Gasteiger partial charge in [0.1, 0.15) is 0 Å². The van der Waals surface area contributed by atoms with E-state index in [4.69, 9.17) is 5.73 Å². The molecule has 1 aromatic rings. The molecule has 1 amide bonds. The number of hydrogen-bond donors (Lipinski definition) is 2. The molecule has 0 heterocycles. The zero-order valence-corrected chi connectivity index (χ0v) is 13.7. The molecule has 0 saturated heterocycles. The monoisotopic (exact) mass is 326 g/mol. The second kappa shape index (κ2) is 7.52. The maximum atomic E-state index is 12.3. The van der Waals surface area contributed by atoms with Crippen LogP contribution in [0.15, 0.2) is 35.2 Å². The second-order valence-corrected chi connectivity index (χ2v) is 7.06. The summed E-state index contributed by atoms with van der Waals surface area (Å²) in [6.07, 6.45) is 3.58. The third-order valence-corrected chi connectivity index (χ3v) is 5.71. The summed E-state index contributed by atoms with van der Waals surface area (Å²) in [5.41, 5.74) is 6.19. The summed E-state index contributed by atoms with van der Waals surface area (Å²) in [6, 6.07) is 10.4. The highest BCUT2D eigenvalue weighted by Gasteiger charge is 2.48. The van der Waals surface area contributed by atoms with Gasteiger partial charge in [-0.25, -0.2) is 0 Å². The Morgan fingerprint density at radius 2 is 1.95 bits per heavy atom. The van der Waals surface area contributed by atoms with Crippen LogP contribution in [0.5, 0.6) is 0 Å². The van der Waals surface area contributed by atoms with Gasteiger partial charge in [-0.3, -0.25) is 4.79 Å². The van der Waals surface area contributed by atoms with Crippen molar-refractivity contribution in [2.75, 3.05) is 12.3 Å². The van der Waals surface area contributed by atoms with Crippen LogP contribution in [0.25, 0.3) is 0 Å². The van der Waals surface area contributed by atoms with Crippen LogP contribution in [-0.4, -0.2) is 24.2 Å². The van der Waals surface area contributed by atoms with Gasteiger partial charge in [-0.15, -0.1) is 24.2 Å². The van der Waals surface area contributed by atoms with Gasteiger partial charge in [0.05, 0.1) is 5.92 Å². The van der Waals surface area contributed by atoms with Crippen LogP contribution in [0.4, 0.5) is 0 Å². The lowest BCUT2D eigenvalue weighted by Crippen LogP contribution is -2.45. The van der Waals surface area contributed by atoms with Crippen molar-refractivity contribution in [3.63, 3.8) is 0 Å². The summed E-state index contributed by atoms with van der Waals surface area (Å²) in [5.74, 6) is 2.28. The molecular formula is C16H23ClN2OS. The fourth-order valence-electron chi connectivity index (χ4n) is 3.70. The number of rotatable bonds is 5. The predicted molar refractivity (Wildman–Crippen MR) is 89.7 cm³/mol. The standard InChI is InChI=1S/C16H22N2OS.ClH/c17-15-12-7-6-11(10-12)14(15)16(19)18-8-9-20-13-4-2-1-3-5-13;/h1-5,11-12,14-15H,6-10,17H2,(H,18,19);1H. The van der Waals surface area contributed by atoms with Crippen molar-refractivity contribution in [3.05, 3.63) is 30.3 Å². The minimum absolute atomic E-state index is 0. The quantitative estimate of drug-likeness (QED) is 0.646. The van der Waals surface area contributed by atoms with Gasteiger partial charge in [0.25, 0.3) is 0 Å². The molecule has 4 unspecified atom stereocenters. The molecule has 0 aromatic heterocycles. The number of hydrogen-bond acceptors (Lipinski definition) is 3. The molecule has 3 N–H and O–H groups in total. The molecule has 2 aliphatic rings. The molecule has 5 heteroatoms. The minimum Gasteiger partial charge on any atom is -0.355 e. The minimum atomic E-state index is 0. The van der Waals surface area contributed by atoms with E-state index in [0.29, 0.717) is 11.8 Å². The maximum Gasteiger partial charge on any atom is 0.224 e. The van der Waals surface area contributed by atoms with E-state index < -0.39 is 0 Å². The fraction of sp³-hybridized carbons (Fsp3) is 0.562. The van der Waals surface area contributed by atoms with Gasteiger partial charge in [0.15, 0.2) is 0 Å². The summed E-state index contributed by atoms with van der Waals surface area (Å²) < 4.78 is 0. The highest BCUT2D eigenvalue weighted by atomic mass is 35.5. The van der Waals surface area contributed by atoms with Crippen LogP contribution < -0.4 is 11.1 Å². The van der Waals surface area contributed by atoms with Crippen molar-refractivity contribution in [2.24, 2.45) is 23.5 Å². The molecule has 2 aliphatic carbocycles. The van der Waals surface area contributed by atoms with Gasteiger partial charge in [0.2, 0.25) is 5.91 Å². The molecule has 21 heavy (non-hydrogen) atoms. The third-order valence-electron chi connectivity index (χ3n) is 4.70. The number of thioether (sulfide) groups is 1. The van der Waals surface area contributed by atoms with Crippen LogP contribution in [0.1, 0.15) is 19.3 Å². The highest BCUT2D eigenvalue weighted by molar-refractivity contribution is 7.99. The number of halogens is 1. The lowest BCUT2D eigenvalue weighted by atomic mass is 9.84. The molecule has 0 radical (unpaired) electrons. The van der Waals surface area contributed by atoms with Gasteiger partial charge in [0, 0.05) is 23.2 Å². The van der Waals surface area contributed by atoms with Gasteiger partial charge in [-0.1, -0.05) is 18.2 Å². The van der Waals surface area contributed by atoms with Gasteiger partial charge in [-0.05, 0) is 43.2 Å². The Hall–Kier alpha value is -0.710. The smallest absolute Gasteiger partial charge is 0.224 e. The Balaban J connectivity index is 0.00000161. The fourth-order valence-corrected chi connectivity index (χ4v) is 4.49. The molecule has 2 fully saturated rings. The zero-order valence-electron chi connectivity index (χ0n) is 12.0. The Kier molecular flexibility index (Phi) is 5.97. The number of amides is 1. The van der Waals surface area contributed by atoms with Crippen LogP contribution in [0, 0.1) is 17.8 Å². The van der Waals surface area contributed by atoms with E-state index in [-0.39, 0.29) is 30.3 Å². The van der Waals surface area contributed by atoms with E-state index in [1.54, 1.807) is 11.8 Å². The molecule has 2 saturated carbocycles. The normalized spacial score (nSPS) is 30.0. The van der Waals surface area contributed by atoms with Crippen LogP contribution in [0.2, 0.25) is 0 Å². The van der Waals surface area contributed by atoms with Crippen LogP contribution >= 0.6 is 24.2 Å². The topological polar surface area (TPSA) is 55.1 Å². The van der Waals surface area contributed by atoms with Crippen molar-refractivity contribution in [1.82, 2.24) is 5.32 Å². The number of carbonyl (C=O) groups is 1. The van der Waals surface area contributed by atoms with Gasteiger partial charge < -0.3 is 11.1 Å². The first-order chi connectivity index (χ1) is 9.75. The second-order valence-electron chi connectivity index (χ2n) is 5.89. The highest BCUT2D eigenvalue weighted by Crippen LogP contribution is 2.47. The first-order valence-electron chi connectivity index (χ1n) is 7.47. The van der Waals surface area contributed by atoms with E-state index >= 15 is 0 Å². The molecule has 3 rings (SSSR count). The van der Waals surface area contributed by atoms with Crippen molar-refractivity contribution in [3.8, 4) is 0 Å². The SMILES string of the molecule is Cl.NC1C2CCC(C2)C1C(=O)NCCSc1ccccc1. The van der Waals surface area contributed by atoms with E-state index in [2.05, 4.69) is 17.4 Å². The average Bonchev–Trinajstić information content (AvgIpc) is 3.05. The number of nitrogens with one attached hydrogen (secondary N) is 1. The third kappa shape index (κ3) is 3.74. The van der Waals surface area contributed by atoms with Crippen LogP contribution in [0.3, 0.4) is 0 Å². The molecule has 1 aromatic carbocycles. The summed E-state index contributed by atoms with van der Waals surface area (Å²) in [6.45, 7) is 0.721. The summed E-state index contributed by atoms with van der Waals surface area (Å²) in [5, 5.41) is 3.07. The Labute approximate surface area is 136 Å². The summed E-state index contributed by atoms with van der Waals surface area (Å²) in [4.78, 5) is 13.5. The molecule has 0 spiro atoms. The van der Waals surface area contributed by atoms with E-state index in [0.717, 1.165) is 18.7 Å². The first-order valence-corrected chi connectivity index (χ1v) is 8.45. The lowest BCUT2D eigenvalue weighted by molar-refractivity contribution is -0.126. The molecular weight excluding hydrogens is 304 g/mol. The predicted octanol–water partition coefficient (Wildman–Crippen LogP) is 2.69. The zero-order chi connectivity index (χ0) is 13.9. The number of fused-ring (bicyclic) bond motifs is 2. The average molecular weight is 327 g/mol. The molecule has 3 nitrogen and oxygen atoms in total. The Morgan fingerprint density at radius 3 is 2.62 bits per heavy atom. The number of carbonyl (C=O) groups excluding carboxylic acids is 1. The lowest BCUT2D eigenvalue weighted by Gasteiger charge is -2.26. The van der Waals surface area contributed by atoms with Crippen molar-refractivity contribution in [2.45, 2.75) is 30.2 Å². The largest absolute Gasteiger partial charge is 0.355 e. The maximum absolute atomic E-state index is 12.3. The molecule has 4 atom stereocenters.